The van der Waals surface area contributed by atoms with E-state index >= 15 is 0 Å². The molecule has 0 radical (unpaired) electrons. The van der Waals surface area contributed by atoms with E-state index in [9.17, 15) is 4.79 Å². The Balaban J connectivity index is 1.69. The van der Waals surface area contributed by atoms with Gasteiger partial charge in [0.1, 0.15) is 5.54 Å². The van der Waals surface area contributed by atoms with E-state index in [4.69, 9.17) is 4.74 Å². The Bertz CT molecular complexity index is 334. The molecule has 2 bridgehead atoms. The minimum Gasteiger partial charge on any atom is -0.468 e. The molecule has 1 saturated carbocycles. The van der Waals surface area contributed by atoms with Crippen molar-refractivity contribution in [2.75, 3.05) is 26.7 Å². The minimum atomic E-state index is -0.520. The number of nitrogens with zero attached hydrogens (tertiary/aromatic N) is 1. The summed E-state index contributed by atoms with van der Waals surface area (Å²) in [7, 11) is 1.47. The van der Waals surface area contributed by atoms with E-state index in [-0.39, 0.29) is 5.97 Å². The summed E-state index contributed by atoms with van der Waals surface area (Å²) in [4.78, 5) is 14.5. The van der Waals surface area contributed by atoms with Crippen molar-refractivity contribution in [1.29, 1.82) is 0 Å². The van der Waals surface area contributed by atoms with E-state index in [1.165, 1.54) is 45.9 Å². The molecule has 2 rings (SSSR count). The number of fused-ring (bicyclic) bond motifs is 2. The summed E-state index contributed by atoms with van der Waals surface area (Å²) in [6.07, 6.45) is 7.39. The average molecular weight is 282 g/mol. The Hall–Kier alpha value is -0.610. The maximum Gasteiger partial charge on any atom is 0.325 e. The fourth-order valence-electron chi connectivity index (χ4n) is 3.97. The Kier molecular flexibility index (Phi) is 5.44. The van der Waals surface area contributed by atoms with Crippen molar-refractivity contribution in [2.24, 2.45) is 5.92 Å². The fraction of sp³-hybridized carbons (Fsp3) is 0.938. The lowest BCUT2D eigenvalue weighted by molar-refractivity contribution is -0.148. The van der Waals surface area contributed by atoms with Gasteiger partial charge in [0.25, 0.3) is 0 Å². The molecule has 0 aromatic heterocycles. The van der Waals surface area contributed by atoms with E-state index in [1.807, 2.05) is 13.8 Å². The van der Waals surface area contributed by atoms with E-state index in [2.05, 4.69) is 10.2 Å². The molecule has 20 heavy (non-hydrogen) atoms. The standard InChI is InChI=1S/C16H30N2O2/c1-4-17-16(2,15(19)20-3)9-5-6-10-18-12-13-7-8-14(18)11-13/h13-14,17H,4-12H2,1-3H3. The molecule has 0 amide bonds. The van der Waals surface area contributed by atoms with Crippen molar-refractivity contribution in [1.82, 2.24) is 10.2 Å². The van der Waals surface area contributed by atoms with E-state index in [0.717, 1.165) is 31.3 Å². The van der Waals surface area contributed by atoms with Gasteiger partial charge in [0, 0.05) is 12.6 Å². The van der Waals surface area contributed by atoms with Gasteiger partial charge < -0.3 is 15.0 Å². The third kappa shape index (κ3) is 3.53. The predicted molar refractivity (Wildman–Crippen MR) is 80.7 cm³/mol. The minimum absolute atomic E-state index is 0.139. The van der Waals surface area contributed by atoms with E-state index in [1.54, 1.807) is 0 Å². The van der Waals surface area contributed by atoms with Gasteiger partial charge in [-0.3, -0.25) is 4.79 Å². The number of likely N-dealkylation sites (N-methyl/N-ethyl adjacent to an activating group) is 1. The van der Waals surface area contributed by atoms with Crippen molar-refractivity contribution in [2.45, 2.75) is 64.0 Å². The van der Waals surface area contributed by atoms with Crippen molar-refractivity contribution in [3.63, 3.8) is 0 Å². The smallest absolute Gasteiger partial charge is 0.325 e. The van der Waals surface area contributed by atoms with Crippen LogP contribution in [0.2, 0.25) is 0 Å². The molecule has 2 aliphatic rings. The van der Waals surface area contributed by atoms with Gasteiger partial charge in [0.05, 0.1) is 7.11 Å². The molecule has 2 fully saturated rings. The van der Waals surface area contributed by atoms with Gasteiger partial charge in [-0.1, -0.05) is 6.92 Å². The number of hydrogen-bond donors (Lipinski definition) is 1. The second kappa shape index (κ2) is 6.90. The van der Waals surface area contributed by atoms with Gasteiger partial charge in [0.15, 0.2) is 0 Å². The molecule has 116 valence electrons. The molecule has 4 nitrogen and oxygen atoms in total. The van der Waals surface area contributed by atoms with Gasteiger partial charge >= 0.3 is 5.97 Å². The molecule has 1 heterocycles. The zero-order chi connectivity index (χ0) is 14.6. The third-order valence-corrected chi connectivity index (χ3v) is 5.10. The van der Waals surface area contributed by atoms with Crippen LogP contribution in [0.25, 0.3) is 0 Å². The highest BCUT2D eigenvalue weighted by molar-refractivity contribution is 5.80. The first-order valence-electron chi connectivity index (χ1n) is 8.16. The summed E-state index contributed by atoms with van der Waals surface area (Å²) >= 11 is 0. The molecule has 0 aromatic carbocycles. The third-order valence-electron chi connectivity index (χ3n) is 5.10. The molecule has 0 aromatic rings. The van der Waals surface area contributed by atoms with Crippen LogP contribution in [0.15, 0.2) is 0 Å². The molecule has 4 heteroatoms. The number of hydrogen-bond acceptors (Lipinski definition) is 4. The number of piperidine rings is 1. The van der Waals surface area contributed by atoms with Crippen molar-refractivity contribution < 1.29 is 9.53 Å². The maximum atomic E-state index is 11.9. The number of carbonyl (C=O) groups is 1. The number of carbonyl (C=O) groups excluding carboxylic acids is 1. The van der Waals surface area contributed by atoms with E-state index < -0.39 is 5.54 Å². The number of methoxy groups -OCH3 is 1. The summed E-state index contributed by atoms with van der Waals surface area (Å²) in [5.74, 6) is 0.835. The number of unbranched alkanes of at least 4 members (excludes halogenated alkanes) is 1. The number of likely N-dealkylation sites (tertiary alicyclic amines) is 1. The van der Waals surface area contributed by atoms with Crippen LogP contribution in [0.3, 0.4) is 0 Å². The van der Waals surface area contributed by atoms with Crippen LogP contribution in [0.4, 0.5) is 0 Å². The monoisotopic (exact) mass is 282 g/mol. The second-order valence-corrected chi connectivity index (χ2v) is 6.64. The maximum absolute atomic E-state index is 11.9. The van der Waals surface area contributed by atoms with Crippen LogP contribution in [-0.4, -0.2) is 49.2 Å². The van der Waals surface area contributed by atoms with Gasteiger partial charge in [-0.2, -0.15) is 0 Å². The predicted octanol–water partition coefficient (Wildman–Crippen LogP) is 2.18. The van der Waals surface area contributed by atoms with Crippen molar-refractivity contribution >= 4 is 5.97 Å². The van der Waals surface area contributed by atoms with Crippen LogP contribution in [0.1, 0.15) is 52.4 Å². The van der Waals surface area contributed by atoms with Gasteiger partial charge in [-0.05, 0) is 64.5 Å². The Morgan fingerprint density at radius 1 is 1.40 bits per heavy atom. The molecular formula is C16H30N2O2. The SMILES string of the molecule is CCNC(C)(CCCCN1CC2CCC1C2)C(=O)OC. The highest BCUT2D eigenvalue weighted by atomic mass is 16.5. The van der Waals surface area contributed by atoms with Crippen molar-refractivity contribution in [3.8, 4) is 0 Å². The van der Waals surface area contributed by atoms with Crippen LogP contribution < -0.4 is 5.32 Å². The Morgan fingerprint density at radius 3 is 2.75 bits per heavy atom. The highest BCUT2D eigenvalue weighted by Crippen LogP contribution is 2.37. The number of rotatable bonds is 8. The van der Waals surface area contributed by atoms with Crippen molar-refractivity contribution in [3.05, 3.63) is 0 Å². The molecule has 1 aliphatic carbocycles. The lowest BCUT2D eigenvalue weighted by Crippen LogP contribution is -2.50. The second-order valence-electron chi connectivity index (χ2n) is 6.64. The van der Waals surface area contributed by atoms with Crippen LogP contribution in [0, 0.1) is 5.92 Å². The lowest BCUT2D eigenvalue weighted by Gasteiger charge is -2.29. The zero-order valence-electron chi connectivity index (χ0n) is 13.3. The topological polar surface area (TPSA) is 41.6 Å². The number of nitrogens with one attached hydrogen (secondary N) is 1. The molecule has 3 atom stereocenters. The molecule has 1 saturated heterocycles. The zero-order valence-corrected chi connectivity index (χ0v) is 13.3. The van der Waals surface area contributed by atoms with E-state index in [0.29, 0.717) is 0 Å². The van der Waals surface area contributed by atoms with Crippen LogP contribution in [-0.2, 0) is 9.53 Å². The highest BCUT2D eigenvalue weighted by Gasteiger charge is 2.37. The molecule has 3 unspecified atom stereocenters. The van der Waals surface area contributed by atoms with Crippen LogP contribution in [0.5, 0.6) is 0 Å². The first kappa shape index (κ1) is 15.8. The molecule has 1 aliphatic heterocycles. The van der Waals surface area contributed by atoms with Crippen LogP contribution >= 0.6 is 0 Å². The first-order valence-corrected chi connectivity index (χ1v) is 8.16. The first-order chi connectivity index (χ1) is 9.59. The van der Waals surface area contributed by atoms with Gasteiger partial charge in [0.2, 0.25) is 0 Å². The Labute approximate surface area is 123 Å². The average Bonchev–Trinajstić information content (AvgIpc) is 3.05. The number of esters is 1. The normalized spacial score (nSPS) is 28.6. The van der Waals surface area contributed by atoms with Gasteiger partial charge in [-0.25, -0.2) is 0 Å². The molecule has 0 spiro atoms. The summed E-state index contributed by atoms with van der Waals surface area (Å²) in [6.45, 7) is 7.29. The Morgan fingerprint density at radius 2 is 2.20 bits per heavy atom. The molecule has 1 N–H and O–H groups in total. The quantitative estimate of drug-likeness (QED) is 0.547. The number of ether oxygens (including phenoxy) is 1. The molecular weight excluding hydrogens is 252 g/mol. The fourth-order valence-corrected chi connectivity index (χ4v) is 3.97. The summed E-state index contributed by atoms with van der Waals surface area (Å²) in [5.41, 5.74) is -0.520. The summed E-state index contributed by atoms with van der Waals surface area (Å²) < 4.78 is 4.93. The summed E-state index contributed by atoms with van der Waals surface area (Å²) in [5, 5.41) is 3.28. The largest absolute Gasteiger partial charge is 0.468 e. The van der Waals surface area contributed by atoms with Gasteiger partial charge in [-0.15, -0.1) is 0 Å². The lowest BCUT2D eigenvalue weighted by atomic mass is 9.94. The summed E-state index contributed by atoms with van der Waals surface area (Å²) in [6, 6.07) is 0.862.